The normalized spacial score (nSPS) is 31.4. The third-order valence-electron chi connectivity index (χ3n) is 3.44. The van der Waals surface area contributed by atoms with Crippen molar-refractivity contribution in [1.29, 1.82) is 0 Å². The summed E-state index contributed by atoms with van der Waals surface area (Å²) in [5.74, 6) is 0.856. The minimum absolute atomic E-state index is 0.108. The van der Waals surface area contributed by atoms with Crippen LogP contribution >= 0.6 is 11.8 Å². The summed E-state index contributed by atoms with van der Waals surface area (Å²) in [6.45, 7) is 1.57. The van der Waals surface area contributed by atoms with Gasteiger partial charge in [0.25, 0.3) is 0 Å². The first kappa shape index (κ1) is 12.2. The fraction of sp³-hybridized carbons (Fsp3) is 0.909. The van der Waals surface area contributed by atoms with Gasteiger partial charge < -0.3 is 15.2 Å². The van der Waals surface area contributed by atoms with E-state index in [1.165, 1.54) is 7.11 Å². The van der Waals surface area contributed by atoms with Crippen molar-refractivity contribution in [3.63, 3.8) is 0 Å². The largest absolute Gasteiger partial charge is 0.469 e. The van der Waals surface area contributed by atoms with Crippen molar-refractivity contribution in [1.82, 2.24) is 5.32 Å². The van der Waals surface area contributed by atoms with Gasteiger partial charge >= 0.3 is 5.97 Å². The maximum atomic E-state index is 11.2. The molecule has 16 heavy (non-hydrogen) atoms. The molecule has 1 saturated carbocycles. The molecule has 1 heterocycles. The second kappa shape index (κ2) is 4.94. The first-order chi connectivity index (χ1) is 7.65. The molecule has 0 spiro atoms. The van der Waals surface area contributed by atoms with Gasteiger partial charge in [0.05, 0.1) is 19.6 Å². The van der Waals surface area contributed by atoms with E-state index >= 15 is 0 Å². The van der Waals surface area contributed by atoms with E-state index in [0.717, 1.165) is 25.1 Å². The van der Waals surface area contributed by atoms with E-state index in [2.05, 4.69) is 5.32 Å². The molecule has 1 aliphatic heterocycles. The Balaban J connectivity index is 1.74. The number of aliphatic hydroxyl groups excluding tert-OH is 1. The molecule has 0 amide bonds. The first-order valence-electron chi connectivity index (χ1n) is 5.72. The molecule has 0 aromatic carbocycles. The molecule has 0 aromatic heterocycles. The van der Waals surface area contributed by atoms with Crippen molar-refractivity contribution in [3.8, 4) is 0 Å². The number of esters is 1. The number of rotatable bonds is 5. The number of thioether (sulfide) groups is 1. The standard InChI is InChI=1S/C11H19NO3S/c1-15-10(14)4-11(2-3-11)7-16-9-6-12-5-8(9)13/h8-9,12-13H,2-7H2,1H3. The number of carbonyl (C=O) groups excluding carboxylic acids is 1. The van der Waals surface area contributed by atoms with E-state index in [1.54, 1.807) is 11.8 Å². The van der Waals surface area contributed by atoms with Gasteiger partial charge in [0, 0.05) is 18.3 Å². The molecular formula is C11H19NO3S. The van der Waals surface area contributed by atoms with Gasteiger partial charge in [0.15, 0.2) is 0 Å². The summed E-state index contributed by atoms with van der Waals surface area (Å²) < 4.78 is 4.71. The highest BCUT2D eigenvalue weighted by Crippen LogP contribution is 2.51. The molecule has 0 bridgehead atoms. The quantitative estimate of drug-likeness (QED) is 0.686. The fourth-order valence-electron chi connectivity index (χ4n) is 2.02. The molecule has 2 rings (SSSR count). The number of ether oxygens (including phenoxy) is 1. The predicted octanol–water partition coefficient (Wildman–Crippen LogP) is 0.396. The van der Waals surface area contributed by atoms with Crippen LogP contribution in [0.5, 0.6) is 0 Å². The number of β-amino-alcohol motifs (C(OH)–C–C–N with tert-alkyl or cyclic N) is 1. The maximum Gasteiger partial charge on any atom is 0.306 e. The lowest BCUT2D eigenvalue weighted by molar-refractivity contribution is -0.141. The summed E-state index contributed by atoms with van der Waals surface area (Å²) in [4.78, 5) is 11.2. The molecule has 4 nitrogen and oxygen atoms in total. The molecular weight excluding hydrogens is 226 g/mol. The molecule has 0 radical (unpaired) electrons. The zero-order chi connectivity index (χ0) is 11.6. The van der Waals surface area contributed by atoms with Crippen molar-refractivity contribution in [3.05, 3.63) is 0 Å². The monoisotopic (exact) mass is 245 g/mol. The zero-order valence-corrected chi connectivity index (χ0v) is 10.4. The molecule has 0 aromatic rings. The number of hydrogen-bond donors (Lipinski definition) is 2. The van der Waals surface area contributed by atoms with Gasteiger partial charge in [-0.2, -0.15) is 11.8 Å². The van der Waals surface area contributed by atoms with Crippen LogP contribution in [-0.4, -0.2) is 48.4 Å². The summed E-state index contributed by atoms with van der Waals surface area (Å²) >= 11 is 1.79. The Bertz CT molecular complexity index is 268. The van der Waals surface area contributed by atoms with Gasteiger partial charge in [-0.25, -0.2) is 0 Å². The number of aliphatic hydroxyl groups is 1. The van der Waals surface area contributed by atoms with Crippen molar-refractivity contribution < 1.29 is 14.6 Å². The minimum Gasteiger partial charge on any atom is -0.469 e. The molecule has 2 unspecified atom stereocenters. The van der Waals surface area contributed by atoms with Crippen LogP contribution in [0.15, 0.2) is 0 Å². The Kier molecular flexibility index (Phi) is 3.77. The second-order valence-electron chi connectivity index (χ2n) is 4.83. The Hall–Kier alpha value is -0.260. The van der Waals surface area contributed by atoms with Crippen LogP contribution in [0.25, 0.3) is 0 Å². The highest BCUT2D eigenvalue weighted by atomic mass is 32.2. The second-order valence-corrected chi connectivity index (χ2v) is 6.06. The van der Waals surface area contributed by atoms with Crippen LogP contribution in [0.3, 0.4) is 0 Å². The highest BCUT2D eigenvalue weighted by molar-refractivity contribution is 8.00. The third-order valence-corrected chi connectivity index (χ3v) is 5.12. The highest BCUT2D eigenvalue weighted by Gasteiger charge is 2.45. The minimum atomic E-state index is -0.237. The van der Waals surface area contributed by atoms with Gasteiger partial charge in [0.2, 0.25) is 0 Å². The van der Waals surface area contributed by atoms with E-state index in [1.807, 2.05) is 0 Å². The summed E-state index contributed by atoms with van der Waals surface area (Å²) in [6, 6.07) is 0. The summed E-state index contributed by atoms with van der Waals surface area (Å²) in [6.07, 6.45) is 2.53. The number of nitrogens with one attached hydrogen (secondary N) is 1. The zero-order valence-electron chi connectivity index (χ0n) is 9.57. The maximum absolute atomic E-state index is 11.2. The predicted molar refractivity (Wildman–Crippen MR) is 63.4 cm³/mol. The topological polar surface area (TPSA) is 58.6 Å². The van der Waals surface area contributed by atoms with Crippen LogP contribution in [0, 0.1) is 5.41 Å². The van der Waals surface area contributed by atoms with Crippen molar-refractivity contribution in [2.24, 2.45) is 5.41 Å². The van der Waals surface area contributed by atoms with Gasteiger partial charge in [0.1, 0.15) is 0 Å². The Morgan fingerprint density at radius 1 is 1.56 bits per heavy atom. The van der Waals surface area contributed by atoms with Crippen LogP contribution in [0.1, 0.15) is 19.3 Å². The van der Waals surface area contributed by atoms with Crippen LogP contribution in [0.4, 0.5) is 0 Å². The smallest absolute Gasteiger partial charge is 0.306 e. The first-order valence-corrected chi connectivity index (χ1v) is 6.77. The molecule has 1 aliphatic carbocycles. The Labute approximate surface area is 100 Å². The average Bonchev–Trinajstić information content (AvgIpc) is 2.91. The fourth-order valence-corrected chi connectivity index (χ4v) is 3.53. The average molecular weight is 245 g/mol. The third kappa shape index (κ3) is 2.90. The lowest BCUT2D eigenvalue weighted by atomic mass is 10.1. The number of carbonyl (C=O) groups is 1. The molecule has 1 saturated heterocycles. The molecule has 2 N–H and O–H groups in total. The van der Waals surface area contributed by atoms with Gasteiger partial charge in [-0.15, -0.1) is 0 Å². The van der Waals surface area contributed by atoms with E-state index in [9.17, 15) is 9.90 Å². The lowest BCUT2D eigenvalue weighted by Gasteiger charge is -2.18. The summed E-state index contributed by atoms with van der Waals surface area (Å²) in [5.41, 5.74) is 0.167. The Morgan fingerprint density at radius 3 is 2.81 bits per heavy atom. The molecule has 2 aliphatic rings. The Morgan fingerprint density at radius 2 is 2.31 bits per heavy atom. The number of methoxy groups -OCH3 is 1. The van der Waals surface area contributed by atoms with Crippen molar-refractivity contribution >= 4 is 17.7 Å². The number of hydrogen-bond acceptors (Lipinski definition) is 5. The van der Waals surface area contributed by atoms with Gasteiger partial charge in [-0.1, -0.05) is 0 Å². The summed E-state index contributed by atoms with van der Waals surface area (Å²) in [7, 11) is 1.44. The lowest BCUT2D eigenvalue weighted by Crippen LogP contribution is -2.23. The molecule has 5 heteroatoms. The van der Waals surface area contributed by atoms with Crippen LogP contribution in [-0.2, 0) is 9.53 Å². The van der Waals surface area contributed by atoms with E-state index in [-0.39, 0.29) is 22.7 Å². The van der Waals surface area contributed by atoms with Crippen LogP contribution < -0.4 is 5.32 Å². The molecule has 2 atom stereocenters. The SMILES string of the molecule is COC(=O)CC1(CSC2CNCC2O)CC1. The van der Waals surface area contributed by atoms with Gasteiger partial charge in [-0.3, -0.25) is 4.79 Å². The molecule has 2 fully saturated rings. The molecule has 92 valence electrons. The van der Waals surface area contributed by atoms with E-state index in [0.29, 0.717) is 13.0 Å². The van der Waals surface area contributed by atoms with E-state index in [4.69, 9.17) is 4.74 Å². The summed E-state index contributed by atoms with van der Waals surface area (Å²) in [5, 5.41) is 13.1. The van der Waals surface area contributed by atoms with Gasteiger partial charge in [-0.05, 0) is 24.0 Å². The van der Waals surface area contributed by atoms with Crippen molar-refractivity contribution in [2.45, 2.75) is 30.6 Å². The van der Waals surface area contributed by atoms with E-state index < -0.39 is 0 Å². The van der Waals surface area contributed by atoms with Crippen LogP contribution in [0.2, 0.25) is 0 Å². The van der Waals surface area contributed by atoms with Crippen molar-refractivity contribution in [2.75, 3.05) is 26.0 Å².